The summed E-state index contributed by atoms with van der Waals surface area (Å²) in [5.74, 6) is -4.61. The Balaban J connectivity index is 2.45. The molecule has 2 aromatic rings. The predicted octanol–water partition coefficient (Wildman–Crippen LogP) is 3.63. The van der Waals surface area contributed by atoms with E-state index in [0.717, 1.165) is 12.1 Å². The van der Waals surface area contributed by atoms with Gasteiger partial charge in [0.1, 0.15) is 5.82 Å². The van der Waals surface area contributed by atoms with E-state index < -0.39 is 23.3 Å². The van der Waals surface area contributed by atoms with Gasteiger partial charge in [-0.3, -0.25) is 0 Å². The number of hydrogen-bond acceptors (Lipinski definition) is 1. The van der Waals surface area contributed by atoms with Crippen molar-refractivity contribution in [2.24, 2.45) is 0 Å². The largest absolute Gasteiger partial charge is 0.316 e. The molecule has 0 aliphatic heterocycles. The van der Waals surface area contributed by atoms with Crippen molar-refractivity contribution >= 4 is 0 Å². The van der Waals surface area contributed by atoms with Gasteiger partial charge in [0, 0.05) is 12.1 Å². The van der Waals surface area contributed by atoms with Crippen LogP contribution in [0.25, 0.3) is 11.1 Å². The maximum atomic E-state index is 13.7. The Kier molecular flexibility index (Phi) is 3.85. The van der Waals surface area contributed by atoms with Gasteiger partial charge in [0.15, 0.2) is 17.5 Å². The molecule has 0 aromatic heterocycles. The third-order valence-corrected chi connectivity index (χ3v) is 2.74. The molecule has 1 nitrogen and oxygen atoms in total. The van der Waals surface area contributed by atoms with Crippen LogP contribution in [0.2, 0.25) is 0 Å². The van der Waals surface area contributed by atoms with Crippen molar-refractivity contribution in [2.75, 3.05) is 7.05 Å². The summed E-state index contributed by atoms with van der Waals surface area (Å²) >= 11 is 0. The van der Waals surface area contributed by atoms with E-state index in [0.29, 0.717) is 12.1 Å². The molecule has 0 aliphatic carbocycles. The maximum Gasteiger partial charge on any atom is 0.194 e. The molecule has 2 aromatic carbocycles. The predicted molar refractivity (Wildman–Crippen MR) is 64.5 cm³/mol. The minimum Gasteiger partial charge on any atom is -0.316 e. The molecule has 0 spiro atoms. The summed E-state index contributed by atoms with van der Waals surface area (Å²) in [5, 5.41) is 2.80. The highest BCUT2D eigenvalue weighted by molar-refractivity contribution is 5.64. The number of rotatable bonds is 3. The molecule has 0 fully saturated rings. The molecule has 0 saturated heterocycles. The number of hydrogen-bond donors (Lipinski definition) is 1. The zero-order chi connectivity index (χ0) is 14.0. The van der Waals surface area contributed by atoms with Crippen molar-refractivity contribution in [3.63, 3.8) is 0 Å². The Morgan fingerprint density at radius 1 is 0.842 bits per heavy atom. The van der Waals surface area contributed by atoms with E-state index in [-0.39, 0.29) is 11.1 Å². The van der Waals surface area contributed by atoms with E-state index >= 15 is 0 Å². The van der Waals surface area contributed by atoms with Gasteiger partial charge in [-0.05, 0) is 36.4 Å². The minimum atomic E-state index is -1.53. The van der Waals surface area contributed by atoms with Crippen LogP contribution in [0.15, 0.2) is 30.3 Å². The van der Waals surface area contributed by atoms with Gasteiger partial charge in [0.05, 0.1) is 0 Å². The summed E-state index contributed by atoms with van der Waals surface area (Å²) in [5.41, 5.74) is 0.816. The third kappa shape index (κ3) is 2.76. The van der Waals surface area contributed by atoms with E-state index in [4.69, 9.17) is 0 Å². The first-order chi connectivity index (χ1) is 9.02. The Morgan fingerprint density at radius 3 is 1.95 bits per heavy atom. The SMILES string of the molecule is CNCc1ccc(-c2cc(F)c(F)c(F)c2)cc1F. The van der Waals surface area contributed by atoms with Gasteiger partial charge >= 0.3 is 0 Å². The fourth-order valence-electron chi connectivity index (χ4n) is 1.78. The molecule has 0 aliphatic rings. The average Bonchev–Trinajstić information content (AvgIpc) is 2.38. The summed E-state index contributed by atoms with van der Waals surface area (Å²) < 4.78 is 52.8. The van der Waals surface area contributed by atoms with E-state index in [9.17, 15) is 17.6 Å². The van der Waals surface area contributed by atoms with Crippen molar-refractivity contribution < 1.29 is 17.6 Å². The summed E-state index contributed by atoms with van der Waals surface area (Å²) in [6, 6.07) is 5.89. The van der Waals surface area contributed by atoms with Crippen molar-refractivity contribution in [1.82, 2.24) is 5.32 Å². The number of nitrogens with one attached hydrogen (secondary N) is 1. The topological polar surface area (TPSA) is 12.0 Å². The Hall–Kier alpha value is -1.88. The van der Waals surface area contributed by atoms with Crippen LogP contribution in [0.4, 0.5) is 17.6 Å². The molecule has 19 heavy (non-hydrogen) atoms. The van der Waals surface area contributed by atoms with Gasteiger partial charge in [-0.2, -0.15) is 0 Å². The number of benzene rings is 2. The molecule has 0 bridgehead atoms. The quantitative estimate of drug-likeness (QED) is 0.662. The molecular weight excluding hydrogens is 258 g/mol. The highest BCUT2D eigenvalue weighted by Gasteiger charge is 2.12. The lowest BCUT2D eigenvalue weighted by Crippen LogP contribution is -2.06. The molecule has 0 saturated carbocycles. The van der Waals surface area contributed by atoms with Crippen molar-refractivity contribution in [3.05, 3.63) is 59.2 Å². The van der Waals surface area contributed by atoms with Gasteiger partial charge < -0.3 is 5.32 Å². The van der Waals surface area contributed by atoms with Crippen molar-refractivity contribution in [1.29, 1.82) is 0 Å². The normalized spacial score (nSPS) is 10.8. The highest BCUT2D eigenvalue weighted by Crippen LogP contribution is 2.25. The summed E-state index contributed by atoms with van der Waals surface area (Å²) in [7, 11) is 1.68. The Bertz CT molecular complexity index is 587. The zero-order valence-corrected chi connectivity index (χ0v) is 10.1. The van der Waals surface area contributed by atoms with Crippen LogP contribution < -0.4 is 5.32 Å². The summed E-state index contributed by atoms with van der Waals surface area (Å²) in [6.45, 7) is 0.345. The lowest BCUT2D eigenvalue weighted by molar-refractivity contribution is 0.447. The van der Waals surface area contributed by atoms with Crippen LogP contribution in [0.3, 0.4) is 0 Å². The fourth-order valence-corrected chi connectivity index (χ4v) is 1.78. The smallest absolute Gasteiger partial charge is 0.194 e. The molecule has 0 heterocycles. The first-order valence-corrected chi connectivity index (χ1v) is 5.61. The van der Waals surface area contributed by atoms with Crippen molar-refractivity contribution in [2.45, 2.75) is 6.54 Å². The molecular formula is C14H11F4N. The van der Waals surface area contributed by atoms with Crippen LogP contribution >= 0.6 is 0 Å². The van der Waals surface area contributed by atoms with E-state index in [1.165, 1.54) is 18.2 Å². The van der Waals surface area contributed by atoms with Gasteiger partial charge in [-0.15, -0.1) is 0 Å². The molecule has 2 rings (SSSR count). The Labute approximate surface area is 107 Å². The maximum absolute atomic E-state index is 13.7. The monoisotopic (exact) mass is 269 g/mol. The van der Waals surface area contributed by atoms with E-state index in [1.807, 2.05) is 0 Å². The third-order valence-electron chi connectivity index (χ3n) is 2.74. The van der Waals surface area contributed by atoms with Crippen LogP contribution in [-0.2, 0) is 6.54 Å². The Morgan fingerprint density at radius 2 is 1.42 bits per heavy atom. The van der Waals surface area contributed by atoms with E-state index in [1.54, 1.807) is 7.05 Å². The second-order valence-electron chi connectivity index (χ2n) is 4.09. The lowest BCUT2D eigenvalue weighted by atomic mass is 10.0. The van der Waals surface area contributed by atoms with Crippen LogP contribution in [0.1, 0.15) is 5.56 Å². The number of halogens is 4. The summed E-state index contributed by atoms with van der Waals surface area (Å²) in [4.78, 5) is 0. The van der Waals surface area contributed by atoms with Gasteiger partial charge in [-0.1, -0.05) is 12.1 Å². The van der Waals surface area contributed by atoms with E-state index in [2.05, 4.69) is 5.32 Å². The molecule has 0 atom stereocenters. The first-order valence-electron chi connectivity index (χ1n) is 5.61. The summed E-state index contributed by atoms with van der Waals surface area (Å²) in [6.07, 6.45) is 0. The molecule has 0 unspecified atom stereocenters. The first kappa shape index (κ1) is 13.5. The van der Waals surface area contributed by atoms with Crippen LogP contribution in [0.5, 0.6) is 0 Å². The standard InChI is InChI=1S/C14H11F4N/c1-19-7-9-3-2-8(4-11(9)15)10-5-12(16)14(18)13(17)6-10/h2-6,19H,7H2,1H3. The lowest BCUT2D eigenvalue weighted by Gasteiger charge is -2.07. The van der Waals surface area contributed by atoms with Crippen molar-refractivity contribution in [3.8, 4) is 11.1 Å². The molecule has 0 radical (unpaired) electrons. The van der Waals surface area contributed by atoms with Crippen LogP contribution in [0, 0.1) is 23.3 Å². The fraction of sp³-hybridized carbons (Fsp3) is 0.143. The van der Waals surface area contributed by atoms with Gasteiger partial charge in [-0.25, -0.2) is 17.6 Å². The molecule has 0 amide bonds. The van der Waals surface area contributed by atoms with Gasteiger partial charge in [0.25, 0.3) is 0 Å². The second-order valence-corrected chi connectivity index (χ2v) is 4.09. The second kappa shape index (κ2) is 5.40. The average molecular weight is 269 g/mol. The molecule has 1 N–H and O–H groups in total. The zero-order valence-electron chi connectivity index (χ0n) is 10.1. The minimum absolute atomic E-state index is 0.0892. The highest BCUT2D eigenvalue weighted by atomic mass is 19.2. The van der Waals surface area contributed by atoms with Crippen LogP contribution in [-0.4, -0.2) is 7.05 Å². The van der Waals surface area contributed by atoms with Gasteiger partial charge in [0.2, 0.25) is 0 Å². The molecule has 100 valence electrons. The molecule has 5 heteroatoms.